The van der Waals surface area contributed by atoms with Crippen LogP contribution in [0.15, 0.2) is 128 Å². The quantitative estimate of drug-likeness (QED) is 0.110. The number of morpholine rings is 1. The Kier molecular flexibility index (Phi) is 10.8. The number of cyclic esters (lactones) is 1. The second-order valence-electron chi connectivity index (χ2n) is 14.3. The summed E-state index contributed by atoms with van der Waals surface area (Å²) in [5.74, 6) is 3.80. The number of anilines is 1. The number of carbonyl (C=O) groups is 3. The van der Waals surface area contributed by atoms with Crippen LogP contribution < -0.4 is 15.4 Å². The first kappa shape index (κ1) is 37.6. The molecule has 1 spiro atoms. The van der Waals surface area contributed by atoms with Gasteiger partial charge in [-0.25, -0.2) is 0 Å². The topological polar surface area (TPSA) is 150 Å². The maximum Gasteiger partial charge on any atom is 0.324 e. The Labute approximate surface area is 330 Å². The molecule has 5 aromatic rings. The van der Waals surface area contributed by atoms with Crippen molar-refractivity contribution in [2.24, 2.45) is 5.92 Å². The third-order valence-electron chi connectivity index (χ3n) is 11.0. The van der Waals surface area contributed by atoms with E-state index >= 15 is 9.59 Å². The first-order valence-electron chi connectivity index (χ1n) is 19.1. The van der Waals surface area contributed by atoms with Gasteiger partial charge in [-0.15, -0.1) is 0 Å². The fourth-order valence-corrected chi connectivity index (χ4v) is 8.77. The number of esters is 1. The number of pyridine rings is 1. The molecule has 4 aromatic carbocycles. The Bertz CT molecular complexity index is 2300. The van der Waals surface area contributed by atoms with Crippen molar-refractivity contribution in [1.29, 1.82) is 0 Å². The Morgan fingerprint density at radius 3 is 2.30 bits per heavy atom. The van der Waals surface area contributed by atoms with Crippen molar-refractivity contribution in [1.82, 2.24) is 15.2 Å². The first-order valence-corrected chi connectivity index (χ1v) is 19.1. The van der Waals surface area contributed by atoms with Crippen molar-refractivity contribution in [2.45, 2.75) is 42.5 Å². The number of hydrogen-bond donors (Lipinski definition) is 4. The van der Waals surface area contributed by atoms with Crippen molar-refractivity contribution in [3.05, 3.63) is 161 Å². The highest BCUT2D eigenvalue weighted by atomic mass is 16.6. The molecule has 8 rings (SSSR count). The molecule has 288 valence electrons. The summed E-state index contributed by atoms with van der Waals surface area (Å²) in [6.07, 6.45) is 1.59. The molecule has 3 aliphatic rings. The third kappa shape index (κ3) is 6.93. The van der Waals surface area contributed by atoms with E-state index in [1.165, 1.54) is 0 Å². The number of aliphatic hydroxyl groups is 2. The number of nitrogens with one attached hydrogen (secondary N) is 2. The van der Waals surface area contributed by atoms with E-state index in [2.05, 4.69) is 27.5 Å². The van der Waals surface area contributed by atoms with Gasteiger partial charge in [0.15, 0.2) is 0 Å². The summed E-state index contributed by atoms with van der Waals surface area (Å²) in [7, 11) is 0. The fourth-order valence-electron chi connectivity index (χ4n) is 8.77. The zero-order valence-corrected chi connectivity index (χ0v) is 31.1. The van der Waals surface area contributed by atoms with Gasteiger partial charge in [0.2, 0.25) is 11.8 Å². The molecular formula is C46H42N4O7. The van der Waals surface area contributed by atoms with Gasteiger partial charge in [0.25, 0.3) is 0 Å². The highest BCUT2D eigenvalue weighted by molar-refractivity contribution is 6.12. The van der Waals surface area contributed by atoms with Gasteiger partial charge in [-0.3, -0.25) is 24.3 Å². The van der Waals surface area contributed by atoms with Crippen LogP contribution in [0.1, 0.15) is 58.1 Å². The first-order chi connectivity index (χ1) is 27.9. The predicted molar refractivity (Wildman–Crippen MR) is 212 cm³/mol. The summed E-state index contributed by atoms with van der Waals surface area (Å²) >= 11 is 0. The molecule has 6 atom stereocenters. The van der Waals surface area contributed by atoms with E-state index in [0.29, 0.717) is 34.5 Å². The lowest BCUT2D eigenvalue weighted by atomic mass is 9.65. The van der Waals surface area contributed by atoms with Crippen LogP contribution in [-0.2, 0) is 31.0 Å². The molecule has 0 bridgehead atoms. The van der Waals surface area contributed by atoms with Crippen LogP contribution >= 0.6 is 0 Å². The molecule has 0 unspecified atom stereocenters. The van der Waals surface area contributed by atoms with Crippen LogP contribution in [0.4, 0.5) is 5.69 Å². The van der Waals surface area contributed by atoms with Gasteiger partial charge < -0.3 is 30.3 Å². The highest BCUT2D eigenvalue weighted by Gasteiger charge is 2.74. The van der Waals surface area contributed by atoms with Crippen LogP contribution in [-0.4, -0.2) is 70.3 Å². The van der Waals surface area contributed by atoms with Gasteiger partial charge in [0.1, 0.15) is 29.9 Å². The number of aliphatic hydroxyl groups excluding tert-OH is 2. The predicted octanol–water partition coefficient (Wildman–Crippen LogP) is 4.82. The van der Waals surface area contributed by atoms with Crippen LogP contribution in [0.5, 0.6) is 5.75 Å². The molecule has 3 aliphatic heterocycles. The number of fused-ring (bicyclic) bond motifs is 3. The van der Waals surface area contributed by atoms with E-state index in [1.54, 1.807) is 30.5 Å². The number of rotatable bonds is 11. The molecule has 11 heteroatoms. The zero-order valence-electron chi connectivity index (χ0n) is 31.1. The Morgan fingerprint density at radius 2 is 1.60 bits per heavy atom. The molecule has 4 N–H and O–H groups in total. The molecule has 2 fully saturated rings. The second kappa shape index (κ2) is 16.4. The number of nitrogens with zero attached hydrogens (tertiary/aromatic N) is 2. The summed E-state index contributed by atoms with van der Waals surface area (Å²) in [5, 5.41) is 25.1. The van der Waals surface area contributed by atoms with Gasteiger partial charge in [-0.05, 0) is 64.7 Å². The molecule has 11 nitrogen and oxygen atoms in total. The largest absolute Gasteiger partial charge is 0.491 e. The van der Waals surface area contributed by atoms with Crippen LogP contribution in [0.2, 0.25) is 0 Å². The van der Waals surface area contributed by atoms with E-state index in [9.17, 15) is 15.0 Å². The second-order valence-corrected chi connectivity index (χ2v) is 14.3. The van der Waals surface area contributed by atoms with Crippen molar-refractivity contribution in [3.63, 3.8) is 0 Å². The smallest absolute Gasteiger partial charge is 0.324 e. The molecule has 2 amide bonds. The minimum atomic E-state index is -1.67. The molecule has 0 saturated carbocycles. The molecule has 0 aliphatic carbocycles. The van der Waals surface area contributed by atoms with Gasteiger partial charge in [-0.1, -0.05) is 90.7 Å². The van der Waals surface area contributed by atoms with Gasteiger partial charge in [-0.2, -0.15) is 0 Å². The van der Waals surface area contributed by atoms with E-state index in [1.807, 2.05) is 102 Å². The van der Waals surface area contributed by atoms with Crippen LogP contribution in [0, 0.1) is 17.8 Å². The van der Waals surface area contributed by atoms with Gasteiger partial charge >= 0.3 is 5.97 Å². The Balaban J connectivity index is 1.37. The van der Waals surface area contributed by atoms with Crippen LogP contribution in [0.3, 0.4) is 0 Å². The van der Waals surface area contributed by atoms with E-state index in [0.717, 1.165) is 16.8 Å². The molecule has 2 saturated heterocycles. The van der Waals surface area contributed by atoms with Gasteiger partial charge in [0, 0.05) is 42.5 Å². The third-order valence-corrected chi connectivity index (χ3v) is 11.0. The standard InChI is InChI=1S/C46H42N4O7/c51-26-10-8-11-30-17-22-37-36(29-30)46(45(55)49-37)38(43(53)48-25-23-34-16-7-9-24-47-34)40-44(54)57-41(32-14-5-2-6-15-32)39(31-12-3-1-4-13-31)50(40)42(46)33-18-20-35(21-19-33)56-28-27-52/h1-7,9,12-22,24,29,38-42,51-52H,10,23,25-28H2,(H,48,53)(H,49,55)/t38-,39-,40-,41+,42+,46-/m0/s1. The lowest BCUT2D eigenvalue weighted by molar-refractivity contribution is -0.178. The average molecular weight is 763 g/mol. The number of aromatic nitrogens is 1. The summed E-state index contributed by atoms with van der Waals surface area (Å²) in [5.41, 5.74) is 3.01. The fraction of sp³-hybridized carbons (Fsp3) is 0.261. The monoisotopic (exact) mass is 762 g/mol. The van der Waals surface area contributed by atoms with Crippen molar-refractivity contribution in [3.8, 4) is 17.6 Å². The normalized spacial score (nSPS) is 23.4. The number of ether oxygens (including phenoxy) is 2. The Morgan fingerprint density at radius 1 is 0.860 bits per heavy atom. The summed E-state index contributed by atoms with van der Waals surface area (Å²) in [6.45, 7) is 0.0349. The summed E-state index contributed by atoms with van der Waals surface area (Å²) in [4.78, 5) is 51.8. The average Bonchev–Trinajstić information content (AvgIpc) is 3.72. The summed E-state index contributed by atoms with van der Waals surface area (Å²) < 4.78 is 12.2. The van der Waals surface area contributed by atoms with E-state index in [-0.39, 0.29) is 32.8 Å². The number of carbonyl (C=O) groups excluding carboxylic acids is 3. The molecule has 0 radical (unpaired) electrons. The lowest BCUT2D eigenvalue weighted by Crippen LogP contribution is -2.55. The van der Waals surface area contributed by atoms with Crippen LogP contribution in [0.25, 0.3) is 0 Å². The van der Waals surface area contributed by atoms with Gasteiger partial charge in [0.05, 0.1) is 31.2 Å². The number of hydrogen-bond acceptors (Lipinski definition) is 9. The molecule has 1 aromatic heterocycles. The molecule has 57 heavy (non-hydrogen) atoms. The molecular weight excluding hydrogens is 721 g/mol. The SMILES string of the molecule is O=C1O[C@H](c2ccccc2)[C@H](c2ccccc2)N2[C@H]1[C@@H](C(=O)NCCc1ccccn1)[C@]1(C(=O)Nc3ccc(C#CCCO)cc31)[C@H]2c1ccc(OCCO)cc1. The summed E-state index contributed by atoms with van der Waals surface area (Å²) in [6, 6.07) is 34.7. The number of amides is 2. The lowest BCUT2D eigenvalue weighted by Gasteiger charge is -2.46. The zero-order chi connectivity index (χ0) is 39.4. The number of benzene rings is 4. The maximum atomic E-state index is 15.3. The molecule has 4 heterocycles. The van der Waals surface area contributed by atoms with Crippen molar-refractivity contribution < 1.29 is 34.1 Å². The van der Waals surface area contributed by atoms with E-state index in [4.69, 9.17) is 9.47 Å². The Hall–Kier alpha value is -6.32. The maximum absolute atomic E-state index is 15.3. The minimum Gasteiger partial charge on any atom is -0.491 e. The highest BCUT2D eigenvalue weighted by Crippen LogP contribution is 2.64. The minimum absolute atomic E-state index is 0.0954. The van der Waals surface area contributed by atoms with E-state index < -0.39 is 53.3 Å². The van der Waals surface area contributed by atoms with Crippen molar-refractivity contribution in [2.75, 3.05) is 31.7 Å². The van der Waals surface area contributed by atoms with Crippen molar-refractivity contribution >= 4 is 23.5 Å².